The van der Waals surface area contributed by atoms with Gasteiger partial charge in [-0.2, -0.15) is 0 Å². The van der Waals surface area contributed by atoms with E-state index in [0.717, 1.165) is 21.9 Å². The van der Waals surface area contributed by atoms with Crippen molar-refractivity contribution in [3.8, 4) is 0 Å². The third-order valence-electron chi connectivity index (χ3n) is 1.88. The van der Waals surface area contributed by atoms with Crippen molar-refractivity contribution in [1.29, 1.82) is 0 Å². The fourth-order valence-corrected chi connectivity index (χ4v) is 2.32. The standard InChI is InChI=1S/C9H12BrNO2S/c1-6-4-8(10)9(5-7(6)2)11-14(3,12)13/h4-5,11H,1-3H3. The van der Waals surface area contributed by atoms with Gasteiger partial charge in [-0.1, -0.05) is 0 Å². The Bertz CT molecular complexity index is 454. The molecule has 0 fully saturated rings. The third-order valence-corrected chi connectivity index (χ3v) is 3.13. The Morgan fingerprint density at radius 1 is 1.21 bits per heavy atom. The van der Waals surface area contributed by atoms with Crippen LogP contribution in [-0.4, -0.2) is 14.7 Å². The zero-order valence-corrected chi connectivity index (χ0v) is 10.7. The molecule has 0 aliphatic heterocycles. The van der Waals surface area contributed by atoms with Gasteiger partial charge in [0.25, 0.3) is 0 Å². The molecular formula is C9H12BrNO2S. The van der Waals surface area contributed by atoms with Crippen molar-refractivity contribution < 1.29 is 8.42 Å². The summed E-state index contributed by atoms with van der Waals surface area (Å²) in [5.41, 5.74) is 2.76. The summed E-state index contributed by atoms with van der Waals surface area (Å²) < 4.78 is 25.2. The number of nitrogens with one attached hydrogen (secondary N) is 1. The molecular weight excluding hydrogens is 266 g/mol. The molecule has 0 aliphatic carbocycles. The Balaban J connectivity index is 3.17. The molecule has 0 heterocycles. The molecule has 14 heavy (non-hydrogen) atoms. The van der Waals surface area contributed by atoms with E-state index in [9.17, 15) is 8.42 Å². The van der Waals surface area contributed by atoms with Crippen LogP contribution in [0.25, 0.3) is 0 Å². The smallest absolute Gasteiger partial charge is 0.229 e. The SMILES string of the molecule is Cc1cc(Br)c(NS(C)(=O)=O)cc1C. The fourth-order valence-electron chi connectivity index (χ4n) is 1.06. The lowest BCUT2D eigenvalue weighted by molar-refractivity contribution is 0.607. The van der Waals surface area contributed by atoms with Gasteiger partial charge < -0.3 is 0 Å². The zero-order valence-electron chi connectivity index (χ0n) is 8.26. The lowest BCUT2D eigenvalue weighted by Gasteiger charge is -2.09. The normalized spacial score (nSPS) is 11.4. The van der Waals surface area contributed by atoms with Crippen molar-refractivity contribution in [2.24, 2.45) is 0 Å². The first-order valence-electron chi connectivity index (χ1n) is 4.04. The van der Waals surface area contributed by atoms with Gasteiger partial charge in [-0.3, -0.25) is 4.72 Å². The van der Waals surface area contributed by atoms with Crippen molar-refractivity contribution in [2.45, 2.75) is 13.8 Å². The second-order valence-electron chi connectivity index (χ2n) is 3.29. The van der Waals surface area contributed by atoms with Crippen LogP contribution >= 0.6 is 15.9 Å². The van der Waals surface area contributed by atoms with Crippen LogP contribution in [-0.2, 0) is 10.0 Å². The van der Waals surface area contributed by atoms with Crippen molar-refractivity contribution in [1.82, 2.24) is 0 Å². The van der Waals surface area contributed by atoms with Crippen molar-refractivity contribution in [2.75, 3.05) is 11.0 Å². The number of benzene rings is 1. The number of hydrogen-bond donors (Lipinski definition) is 1. The predicted octanol–water partition coefficient (Wildman–Crippen LogP) is 2.44. The van der Waals surface area contributed by atoms with Gasteiger partial charge in [0.05, 0.1) is 11.9 Å². The molecule has 0 bridgehead atoms. The van der Waals surface area contributed by atoms with Gasteiger partial charge >= 0.3 is 0 Å². The minimum Gasteiger partial charge on any atom is -0.283 e. The van der Waals surface area contributed by atoms with Crippen LogP contribution in [0, 0.1) is 13.8 Å². The average Bonchev–Trinajstić information content (AvgIpc) is 1.97. The fraction of sp³-hybridized carbons (Fsp3) is 0.333. The monoisotopic (exact) mass is 277 g/mol. The molecule has 0 aliphatic rings. The molecule has 5 heteroatoms. The van der Waals surface area contributed by atoms with Gasteiger partial charge in [-0.25, -0.2) is 8.42 Å². The summed E-state index contributed by atoms with van der Waals surface area (Å²) in [6.07, 6.45) is 1.13. The van der Waals surface area contributed by atoms with Crippen LogP contribution < -0.4 is 4.72 Å². The second kappa shape index (κ2) is 3.90. The maximum absolute atomic E-state index is 11.0. The topological polar surface area (TPSA) is 46.2 Å². The summed E-state index contributed by atoms with van der Waals surface area (Å²) in [4.78, 5) is 0. The number of anilines is 1. The highest BCUT2D eigenvalue weighted by Gasteiger charge is 2.07. The molecule has 0 atom stereocenters. The molecule has 1 rings (SSSR count). The van der Waals surface area contributed by atoms with Gasteiger partial charge in [0, 0.05) is 4.47 Å². The van der Waals surface area contributed by atoms with Crippen LogP contribution in [0.5, 0.6) is 0 Å². The zero-order chi connectivity index (χ0) is 10.9. The van der Waals surface area contributed by atoms with Crippen LogP contribution in [0.2, 0.25) is 0 Å². The molecule has 0 saturated heterocycles. The first-order valence-corrected chi connectivity index (χ1v) is 6.72. The van der Waals surface area contributed by atoms with Gasteiger partial charge in [-0.05, 0) is 53.0 Å². The Morgan fingerprint density at radius 2 is 1.71 bits per heavy atom. The predicted molar refractivity (Wildman–Crippen MR) is 62.1 cm³/mol. The molecule has 0 saturated carbocycles. The van der Waals surface area contributed by atoms with E-state index >= 15 is 0 Å². The van der Waals surface area contributed by atoms with Crippen LogP contribution in [0.15, 0.2) is 16.6 Å². The van der Waals surface area contributed by atoms with Crippen molar-refractivity contribution in [3.05, 3.63) is 27.7 Å². The largest absolute Gasteiger partial charge is 0.283 e. The lowest BCUT2D eigenvalue weighted by Crippen LogP contribution is -2.10. The Kier molecular flexibility index (Phi) is 3.21. The first kappa shape index (κ1) is 11.5. The van der Waals surface area contributed by atoms with Gasteiger partial charge in [0.2, 0.25) is 10.0 Å². The molecule has 0 aromatic heterocycles. The van der Waals surface area contributed by atoms with E-state index in [2.05, 4.69) is 20.7 Å². The summed E-state index contributed by atoms with van der Waals surface area (Å²) in [6.45, 7) is 3.92. The molecule has 1 aromatic rings. The summed E-state index contributed by atoms with van der Waals surface area (Å²) >= 11 is 3.31. The Morgan fingerprint density at radius 3 is 2.21 bits per heavy atom. The maximum atomic E-state index is 11.0. The van der Waals surface area contributed by atoms with Crippen LogP contribution in [0.1, 0.15) is 11.1 Å². The second-order valence-corrected chi connectivity index (χ2v) is 5.89. The molecule has 1 N–H and O–H groups in total. The summed E-state index contributed by atoms with van der Waals surface area (Å²) in [5.74, 6) is 0. The van der Waals surface area contributed by atoms with E-state index in [1.807, 2.05) is 19.9 Å². The molecule has 0 amide bonds. The lowest BCUT2D eigenvalue weighted by atomic mass is 10.1. The quantitative estimate of drug-likeness (QED) is 0.903. The molecule has 78 valence electrons. The minimum absolute atomic E-state index is 0.579. The van der Waals surface area contributed by atoms with Gasteiger partial charge in [0.1, 0.15) is 0 Å². The van der Waals surface area contributed by atoms with E-state index < -0.39 is 10.0 Å². The van der Waals surface area contributed by atoms with E-state index in [-0.39, 0.29) is 0 Å². The molecule has 3 nitrogen and oxygen atoms in total. The molecule has 0 radical (unpaired) electrons. The maximum Gasteiger partial charge on any atom is 0.229 e. The van der Waals surface area contributed by atoms with Gasteiger partial charge in [-0.15, -0.1) is 0 Å². The third kappa shape index (κ3) is 2.99. The number of sulfonamides is 1. The number of rotatable bonds is 2. The summed E-state index contributed by atoms with van der Waals surface area (Å²) in [6, 6.07) is 3.70. The van der Waals surface area contributed by atoms with Crippen molar-refractivity contribution >= 4 is 31.6 Å². The number of hydrogen-bond acceptors (Lipinski definition) is 2. The minimum atomic E-state index is -3.21. The Hall–Kier alpha value is -0.550. The van der Waals surface area contributed by atoms with Crippen LogP contribution in [0.4, 0.5) is 5.69 Å². The first-order chi connectivity index (χ1) is 6.29. The number of aryl methyl sites for hydroxylation is 2. The highest BCUT2D eigenvalue weighted by Crippen LogP contribution is 2.26. The average molecular weight is 278 g/mol. The highest BCUT2D eigenvalue weighted by molar-refractivity contribution is 9.10. The van der Waals surface area contributed by atoms with Crippen molar-refractivity contribution in [3.63, 3.8) is 0 Å². The van der Waals surface area contributed by atoms with E-state index in [0.29, 0.717) is 5.69 Å². The van der Waals surface area contributed by atoms with E-state index in [1.54, 1.807) is 6.07 Å². The highest BCUT2D eigenvalue weighted by atomic mass is 79.9. The van der Waals surface area contributed by atoms with E-state index in [4.69, 9.17) is 0 Å². The Labute approximate surface area is 92.7 Å². The summed E-state index contributed by atoms with van der Waals surface area (Å²) in [7, 11) is -3.21. The number of halogens is 1. The molecule has 0 unspecified atom stereocenters. The summed E-state index contributed by atoms with van der Waals surface area (Å²) in [5, 5.41) is 0. The van der Waals surface area contributed by atoms with Gasteiger partial charge in [0.15, 0.2) is 0 Å². The van der Waals surface area contributed by atoms with Crippen LogP contribution in [0.3, 0.4) is 0 Å². The van der Waals surface area contributed by atoms with E-state index in [1.165, 1.54) is 0 Å². The molecule has 1 aromatic carbocycles. The molecule has 0 spiro atoms.